The zero-order valence-electron chi connectivity index (χ0n) is 5.37. The fourth-order valence-electron chi connectivity index (χ4n) is 0.543. The van der Waals surface area contributed by atoms with E-state index in [2.05, 4.69) is 10.2 Å². The predicted octanol–water partition coefficient (Wildman–Crippen LogP) is -0.398. The van der Waals surface area contributed by atoms with Crippen LogP contribution in [0.3, 0.4) is 0 Å². The molecule has 0 atom stereocenters. The Hall–Kier alpha value is -1.92. The highest BCUT2D eigenvalue weighted by atomic mass is 16.6. The van der Waals surface area contributed by atoms with Crippen molar-refractivity contribution in [2.75, 3.05) is 0 Å². The molecule has 1 heterocycles. The van der Waals surface area contributed by atoms with Crippen LogP contribution in [0.15, 0.2) is 6.07 Å². The number of nitrogen functional groups attached to an aromatic ring is 1. The maximum Gasteiger partial charge on any atom is 0.343 e. The predicted molar refractivity (Wildman–Crippen MR) is 36.3 cm³/mol. The zero-order valence-corrected chi connectivity index (χ0v) is 5.37. The molecule has 0 unspecified atom stereocenters. The number of amidine groups is 1. The van der Waals surface area contributed by atoms with Crippen molar-refractivity contribution >= 4 is 11.7 Å². The summed E-state index contributed by atoms with van der Waals surface area (Å²) in [6.45, 7) is 0. The molecule has 1 rings (SSSR count). The molecule has 0 bridgehead atoms. The van der Waals surface area contributed by atoms with Gasteiger partial charge in [-0.2, -0.15) is 0 Å². The Labute approximate surface area is 60.9 Å². The van der Waals surface area contributed by atoms with Gasteiger partial charge in [0.1, 0.15) is 5.84 Å². The summed E-state index contributed by atoms with van der Waals surface area (Å²) >= 11 is 0. The normalized spacial score (nSPS) is 9.45. The molecule has 4 N–H and O–H groups in total. The van der Waals surface area contributed by atoms with Crippen LogP contribution >= 0.6 is 0 Å². The number of nitrogens with two attached hydrogens (primary N) is 1. The smallest absolute Gasteiger partial charge is 0.343 e. The summed E-state index contributed by atoms with van der Waals surface area (Å²) in [6.07, 6.45) is 0. The molecule has 0 saturated heterocycles. The SMILES string of the molecule is N=C(N)c1cc([N+](=O)[O-])[nH]n1. The Kier molecular flexibility index (Phi) is 1.55. The van der Waals surface area contributed by atoms with Crippen LogP contribution in [0.5, 0.6) is 0 Å². The van der Waals surface area contributed by atoms with Gasteiger partial charge >= 0.3 is 5.82 Å². The quantitative estimate of drug-likeness (QED) is 0.233. The second kappa shape index (κ2) is 2.37. The maximum atomic E-state index is 10.1. The van der Waals surface area contributed by atoms with Crippen molar-refractivity contribution in [3.05, 3.63) is 21.9 Å². The molecule has 0 amide bonds. The second-order valence-electron chi connectivity index (χ2n) is 1.81. The number of aromatic nitrogens is 2. The first kappa shape index (κ1) is 7.19. The molecule has 0 aliphatic heterocycles. The highest BCUT2D eigenvalue weighted by Gasteiger charge is 2.10. The standard InChI is InChI=1S/C4H5N5O2/c5-4(6)2-1-3(8-7-2)9(10)11/h1H,(H3,5,6)(H,7,8). The third-order valence-electron chi connectivity index (χ3n) is 1.04. The molecule has 0 saturated carbocycles. The molecule has 0 aromatic carbocycles. The summed E-state index contributed by atoms with van der Waals surface area (Å²) in [5.74, 6) is -0.565. The lowest BCUT2D eigenvalue weighted by atomic mass is 10.4. The van der Waals surface area contributed by atoms with Gasteiger partial charge in [-0.25, -0.2) is 0 Å². The highest BCUT2D eigenvalue weighted by molar-refractivity contribution is 5.93. The fraction of sp³-hybridized carbons (Fsp3) is 0. The summed E-state index contributed by atoms with van der Waals surface area (Å²) in [7, 11) is 0. The molecule has 0 radical (unpaired) electrons. The van der Waals surface area contributed by atoms with Crippen LogP contribution in [0.1, 0.15) is 5.69 Å². The molecule has 0 spiro atoms. The van der Waals surface area contributed by atoms with E-state index in [-0.39, 0.29) is 17.3 Å². The van der Waals surface area contributed by atoms with Gasteiger partial charge in [-0.1, -0.05) is 5.10 Å². The molecule has 0 fully saturated rings. The van der Waals surface area contributed by atoms with E-state index in [4.69, 9.17) is 11.1 Å². The molecule has 1 aromatic rings. The fourth-order valence-corrected chi connectivity index (χ4v) is 0.543. The van der Waals surface area contributed by atoms with Gasteiger partial charge in [0.05, 0.1) is 6.07 Å². The van der Waals surface area contributed by atoms with Gasteiger partial charge in [0.15, 0.2) is 5.69 Å². The van der Waals surface area contributed by atoms with Crippen molar-refractivity contribution in [2.45, 2.75) is 0 Å². The van der Waals surface area contributed by atoms with Crippen LogP contribution in [0.2, 0.25) is 0 Å². The van der Waals surface area contributed by atoms with Gasteiger partial charge in [-0.05, 0) is 4.92 Å². The maximum absolute atomic E-state index is 10.1. The van der Waals surface area contributed by atoms with E-state index >= 15 is 0 Å². The van der Waals surface area contributed by atoms with Crippen molar-refractivity contribution in [1.82, 2.24) is 10.2 Å². The number of nitrogens with zero attached hydrogens (tertiary/aromatic N) is 2. The molecule has 7 heteroatoms. The van der Waals surface area contributed by atoms with E-state index in [1.165, 1.54) is 0 Å². The minimum Gasteiger partial charge on any atom is -0.382 e. The van der Waals surface area contributed by atoms with Crippen LogP contribution in [-0.4, -0.2) is 21.0 Å². The summed E-state index contributed by atoms with van der Waals surface area (Å²) < 4.78 is 0. The summed E-state index contributed by atoms with van der Waals surface area (Å²) in [5.41, 5.74) is 5.09. The number of nitro groups is 1. The molecular weight excluding hydrogens is 150 g/mol. The third kappa shape index (κ3) is 1.31. The number of hydrogen-bond acceptors (Lipinski definition) is 4. The van der Waals surface area contributed by atoms with Gasteiger partial charge in [-0.3, -0.25) is 5.41 Å². The van der Waals surface area contributed by atoms with E-state index in [9.17, 15) is 10.1 Å². The lowest BCUT2D eigenvalue weighted by Crippen LogP contribution is -2.11. The average Bonchev–Trinajstić information content (AvgIpc) is 2.33. The zero-order chi connectivity index (χ0) is 8.43. The van der Waals surface area contributed by atoms with Gasteiger partial charge in [0, 0.05) is 0 Å². The van der Waals surface area contributed by atoms with Gasteiger partial charge in [0.2, 0.25) is 0 Å². The Balaban J connectivity index is 2.99. The third-order valence-corrected chi connectivity index (χ3v) is 1.04. The monoisotopic (exact) mass is 155 g/mol. The first-order valence-corrected chi connectivity index (χ1v) is 2.65. The number of hydrogen-bond donors (Lipinski definition) is 3. The highest BCUT2D eigenvalue weighted by Crippen LogP contribution is 2.06. The van der Waals surface area contributed by atoms with E-state index in [1.54, 1.807) is 0 Å². The van der Waals surface area contributed by atoms with Crippen LogP contribution in [0, 0.1) is 15.5 Å². The molecule has 7 nitrogen and oxygen atoms in total. The lowest BCUT2D eigenvalue weighted by Gasteiger charge is -1.84. The molecule has 11 heavy (non-hydrogen) atoms. The second-order valence-corrected chi connectivity index (χ2v) is 1.81. The Morgan fingerprint density at radius 1 is 1.91 bits per heavy atom. The molecule has 0 aliphatic carbocycles. The van der Waals surface area contributed by atoms with Crippen LogP contribution in [0.4, 0.5) is 5.82 Å². The van der Waals surface area contributed by atoms with Crippen LogP contribution in [-0.2, 0) is 0 Å². The Morgan fingerprint density at radius 3 is 2.82 bits per heavy atom. The van der Waals surface area contributed by atoms with Crippen molar-refractivity contribution in [3.63, 3.8) is 0 Å². The number of nitrogens with one attached hydrogen (secondary N) is 2. The van der Waals surface area contributed by atoms with Gasteiger partial charge in [0.25, 0.3) is 0 Å². The number of H-pyrrole nitrogens is 1. The summed E-state index contributed by atoms with van der Waals surface area (Å²) in [5, 5.41) is 22.5. The van der Waals surface area contributed by atoms with Crippen molar-refractivity contribution in [3.8, 4) is 0 Å². The molecule has 1 aromatic heterocycles. The van der Waals surface area contributed by atoms with Crippen LogP contribution in [0.25, 0.3) is 0 Å². The van der Waals surface area contributed by atoms with Crippen molar-refractivity contribution in [1.29, 1.82) is 5.41 Å². The minimum atomic E-state index is -0.639. The first-order chi connectivity index (χ1) is 5.11. The van der Waals surface area contributed by atoms with E-state index < -0.39 is 4.92 Å². The molecular formula is C4H5N5O2. The van der Waals surface area contributed by atoms with Crippen LogP contribution < -0.4 is 5.73 Å². The van der Waals surface area contributed by atoms with E-state index in [0.717, 1.165) is 6.07 Å². The lowest BCUT2D eigenvalue weighted by molar-refractivity contribution is -0.389. The summed E-state index contributed by atoms with van der Waals surface area (Å²) in [6, 6.07) is 1.10. The number of rotatable bonds is 2. The molecule has 0 aliphatic rings. The topological polar surface area (TPSA) is 122 Å². The summed E-state index contributed by atoms with van der Waals surface area (Å²) in [4.78, 5) is 9.42. The van der Waals surface area contributed by atoms with Crippen molar-refractivity contribution in [2.24, 2.45) is 5.73 Å². The van der Waals surface area contributed by atoms with E-state index in [1.807, 2.05) is 0 Å². The van der Waals surface area contributed by atoms with Gasteiger partial charge < -0.3 is 15.8 Å². The average molecular weight is 155 g/mol. The molecule has 58 valence electrons. The Bertz CT molecular complexity index is 275. The van der Waals surface area contributed by atoms with Gasteiger partial charge in [-0.15, -0.1) is 5.10 Å². The minimum absolute atomic E-state index is 0.0803. The largest absolute Gasteiger partial charge is 0.382 e. The van der Waals surface area contributed by atoms with E-state index in [0.29, 0.717) is 0 Å². The van der Waals surface area contributed by atoms with Crippen molar-refractivity contribution < 1.29 is 4.92 Å². The first-order valence-electron chi connectivity index (χ1n) is 2.65. The number of aromatic amines is 1. The Morgan fingerprint density at radius 2 is 2.55 bits per heavy atom.